The molecule has 19 heavy (non-hydrogen) atoms. The summed E-state index contributed by atoms with van der Waals surface area (Å²) in [6, 6.07) is 8.28. The van der Waals surface area contributed by atoms with Gasteiger partial charge in [0.2, 0.25) is 11.8 Å². The molecule has 1 aromatic carbocycles. The van der Waals surface area contributed by atoms with Gasteiger partial charge in [0.1, 0.15) is 0 Å². The van der Waals surface area contributed by atoms with Crippen LogP contribution >= 0.6 is 11.8 Å². The lowest BCUT2D eigenvalue weighted by Gasteiger charge is -2.10. The van der Waals surface area contributed by atoms with Crippen molar-refractivity contribution < 1.29 is 4.42 Å². The van der Waals surface area contributed by atoms with E-state index in [0.717, 1.165) is 18.5 Å². The Labute approximate surface area is 118 Å². The van der Waals surface area contributed by atoms with Gasteiger partial charge in [0, 0.05) is 10.5 Å². The minimum absolute atomic E-state index is 0.136. The maximum Gasteiger partial charge on any atom is 0.247 e. The first kappa shape index (κ1) is 14.1. The number of benzene rings is 1. The van der Waals surface area contributed by atoms with E-state index in [1.807, 2.05) is 12.1 Å². The van der Waals surface area contributed by atoms with Crippen LogP contribution in [-0.4, -0.2) is 23.0 Å². The summed E-state index contributed by atoms with van der Waals surface area (Å²) < 4.78 is 5.76. The molecule has 1 aromatic heterocycles. The van der Waals surface area contributed by atoms with E-state index < -0.39 is 0 Å². The number of nitrogens with one attached hydrogen (secondary N) is 1. The van der Waals surface area contributed by atoms with E-state index in [4.69, 9.17) is 4.42 Å². The maximum atomic E-state index is 5.76. The minimum Gasteiger partial charge on any atom is -0.419 e. The zero-order chi connectivity index (χ0) is 13.7. The summed E-state index contributed by atoms with van der Waals surface area (Å²) in [6.07, 6.45) is 2.99. The molecule has 0 amide bonds. The lowest BCUT2D eigenvalue weighted by Crippen LogP contribution is -2.20. The number of hydrogen-bond acceptors (Lipinski definition) is 5. The zero-order valence-electron chi connectivity index (χ0n) is 11.5. The van der Waals surface area contributed by atoms with Gasteiger partial charge >= 0.3 is 0 Å². The van der Waals surface area contributed by atoms with Crippen LogP contribution in [0.5, 0.6) is 0 Å². The smallest absolute Gasteiger partial charge is 0.247 e. The summed E-state index contributed by atoms with van der Waals surface area (Å²) >= 11 is 1.72. The Morgan fingerprint density at radius 1 is 1.21 bits per heavy atom. The van der Waals surface area contributed by atoms with E-state index in [0.29, 0.717) is 11.8 Å². The SMILES string of the molecule is CCNC(CC)c1nnc(-c2ccc(SC)cc2)o1. The van der Waals surface area contributed by atoms with Gasteiger partial charge in [-0.05, 0) is 43.5 Å². The molecule has 1 heterocycles. The van der Waals surface area contributed by atoms with Crippen molar-refractivity contribution >= 4 is 11.8 Å². The van der Waals surface area contributed by atoms with Gasteiger partial charge in [-0.15, -0.1) is 22.0 Å². The van der Waals surface area contributed by atoms with Crippen LogP contribution in [0.3, 0.4) is 0 Å². The number of hydrogen-bond donors (Lipinski definition) is 1. The zero-order valence-corrected chi connectivity index (χ0v) is 12.3. The lowest BCUT2D eigenvalue weighted by molar-refractivity contribution is 0.402. The minimum atomic E-state index is 0.136. The molecule has 0 bridgehead atoms. The summed E-state index contributed by atoms with van der Waals surface area (Å²) in [5.41, 5.74) is 0.961. The Bertz CT molecular complexity index is 510. The first-order valence-corrected chi connectivity index (χ1v) is 7.72. The molecular weight excluding hydrogens is 258 g/mol. The third-order valence-electron chi connectivity index (χ3n) is 2.93. The van der Waals surface area contributed by atoms with E-state index in [2.05, 4.69) is 47.8 Å². The molecule has 0 aliphatic heterocycles. The molecule has 1 unspecified atom stereocenters. The van der Waals surface area contributed by atoms with Gasteiger partial charge in [0.05, 0.1) is 6.04 Å². The highest BCUT2D eigenvalue weighted by molar-refractivity contribution is 7.98. The van der Waals surface area contributed by atoms with Gasteiger partial charge in [-0.2, -0.15) is 0 Å². The van der Waals surface area contributed by atoms with Gasteiger partial charge in [-0.25, -0.2) is 0 Å². The Hall–Kier alpha value is -1.33. The van der Waals surface area contributed by atoms with Crippen LogP contribution in [0.25, 0.3) is 11.5 Å². The van der Waals surface area contributed by atoms with Crippen LogP contribution in [0.15, 0.2) is 33.6 Å². The number of aromatic nitrogens is 2. The number of rotatable bonds is 6. The van der Waals surface area contributed by atoms with E-state index in [9.17, 15) is 0 Å². The molecule has 0 aliphatic rings. The fraction of sp³-hybridized carbons (Fsp3) is 0.429. The molecule has 0 fully saturated rings. The Morgan fingerprint density at radius 3 is 2.53 bits per heavy atom. The van der Waals surface area contributed by atoms with Crippen LogP contribution < -0.4 is 5.32 Å². The second-order valence-corrected chi connectivity index (χ2v) is 5.07. The lowest BCUT2D eigenvalue weighted by atomic mass is 10.2. The number of nitrogens with zero attached hydrogens (tertiary/aromatic N) is 2. The molecule has 1 N–H and O–H groups in total. The summed E-state index contributed by atoms with van der Waals surface area (Å²) in [6.45, 7) is 5.06. The van der Waals surface area contributed by atoms with Crippen LogP contribution in [0.2, 0.25) is 0 Å². The second-order valence-electron chi connectivity index (χ2n) is 4.19. The summed E-state index contributed by atoms with van der Waals surface area (Å²) in [5, 5.41) is 11.6. The van der Waals surface area contributed by atoms with Gasteiger partial charge in [-0.1, -0.05) is 13.8 Å². The van der Waals surface area contributed by atoms with Crippen molar-refractivity contribution in [3.05, 3.63) is 30.2 Å². The molecule has 0 radical (unpaired) electrons. The number of thioether (sulfide) groups is 1. The normalized spacial score (nSPS) is 12.6. The van der Waals surface area contributed by atoms with Crippen LogP contribution in [0.1, 0.15) is 32.2 Å². The van der Waals surface area contributed by atoms with Crippen molar-refractivity contribution in [1.82, 2.24) is 15.5 Å². The predicted molar refractivity (Wildman–Crippen MR) is 78.2 cm³/mol. The van der Waals surface area contributed by atoms with Crippen LogP contribution in [0.4, 0.5) is 0 Å². The van der Waals surface area contributed by atoms with Gasteiger partial charge in [-0.3, -0.25) is 0 Å². The van der Waals surface area contributed by atoms with Crippen LogP contribution in [0, 0.1) is 0 Å². The van der Waals surface area contributed by atoms with Crippen LogP contribution in [-0.2, 0) is 0 Å². The summed E-state index contributed by atoms with van der Waals surface area (Å²) in [5.74, 6) is 1.24. The van der Waals surface area contributed by atoms with E-state index >= 15 is 0 Å². The first-order valence-electron chi connectivity index (χ1n) is 6.49. The molecule has 0 spiro atoms. The largest absolute Gasteiger partial charge is 0.419 e. The van der Waals surface area contributed by atoms with Crippen molar-refractivity contribution in [2.45, 2.75) is 31.2 Å². The third kappa shape index (κ3) is 3.36. The van der Waals surface area contributed by atoms with Crippen molar-refractivity contribution in [1.29, 1.82) is 0 Å². The molecule has 2 rings (SSSR count). The van der Waals surface area contributed by atoms with E-state index in [1.165, 1.54) is 4.90 Å². The topological polar surface area (TPSA) is 51.0 Å². The average molecular weight is 277 g/mol. The Morgan fingerprint density at radius 2 is 1.95 bits per heavy atom. The molecule has 2 aromatic rings. The Balaban J connectivity index is 2.19. The highest BCUT2D eigenvalue weighted by Crippen LogP contribution is 2.24. The third-order valence-corrected chi connectivity index (χ3v) is 3.68. The second kappa shape index (κ2) is 6.73. The van der Waals surface area contributed by atoms with Crippen molar-refractivity contribution in [2.24, 2.45) is 0 Å². The van der Waals surface area contributed by atoms with Gasteiger partial charge in [0.25, 0.3) is 0 Å². The highest BCUT2D eigenvalue weighted by atomic mass is 32.2. The fourth-order valence-electron chi connectivity index (χ4n) is 1.88. The summed E-state index contributed by atoms with van der Waals surface area (Å²) in [7, 11) is 0. The van der Waals surface area contributed by atoms with Crippen molar-refractivity contribution in [2.75, 3.05) is 12.8 Å². The fourth-order valence-corrected chi connectivity index (χ4v) is 2.29. The molecule has 0 aliphatic carbocycles. The average Bonchev–Trinajstić information content (AvgIpc) is 2.94. The molecule has 5 heteroatoms. The van der Waals surface area contributed by atoms with E-state index in [-0.39, 0.29) is 6.04 Å². The molecule has 0 saturated carbocycles. The van der Waals surface area contributed by atoms with Crippen molar-refractivity contribution in [3.8, 4) is 11.5 Å². The summed E-state index contributed by atoms with van der Waals surface area (Å²) in [4.78, 5) is 1.22. The molecule has 4 nitrogen and oxygen atoms in total. The molecular formula is C14H19N3OS. The van der Waals surface area contributed by atoms with Gasteiger partial charge in [0.15, 0.2) is 0 Å². The standard InChI is InChI=1S/C14H19N3OS/c1-4-12(15-5-2)14-17-16-13(18-14)10-6-8-11(19-3)9-7-10/h6-9,12,15H,4-5H2,1-3H3. The molecule has 0 saturated heterocycles. The predicted octanol–water partition coefficient (Wildman–Crippen LogP) is 3.52. The first-order chi connectivity index (χ1) is 9.28. The quantitative estimate of drug-likeness (QED) is 0.819. The van der Waals surface area contributed by atoms with Gasteiger partial charge < -0.3 is 9.73 Å². The Kier molecular flexibility index (Phi) is 4.99. The maximum absolute atomic E-state index is 5.76. The van der Waals surface area contributed by atoms with Crippen molar-refractivity contribution in [3.63, 3.8) is 0 Å². The van der Waals surface area contributed by atoms with E-state index in [1.54, 1.807) is 11.8 Å². The highest BCUT2D eigenvalue weighted by Gasteiger charge is 2.16. The monoisotopic (exact) mass is 277 g/mol. The molecule has 1 atom stereocenters. The molecule has 102 valence electrons.